The van der Waals surface area contributed by atoms with Gasteiger partial charge in [-0.1, -0.05) is 30.3 Å². The van der Waals surface area contributed by atoms with E-state index in [2.05, 4.69) is 54.6 Å². The molecule has 24 heavy (non-hydrogen) atoms. The van der Waals surface area contributed by atoms with Crippen molar-refractivity contribution in [1.29, 1.82) is 0 Å². The van der Waals surface area contributed by atoms with Crippen molar-refractivity contribution >= 4 is 16.5 Å². The van der Waals surface area contributed by atoms with Gasteiger partial charge in [0, 0.05) is 37.1 Å². The zero-order valence-electron chi connectivity index (χ0n) is 13.6. The van der Waals surface area contributed by atoms with E-state index in [4.69, 9.17) is 4.98 Å². The molecule has 1 aliphatic rings. The van der Waals surface area contributed by atoms with Crippen LogP contribution in [0.25, 0.3) is 11.3 Å². The number of aromatic amines is 1. The van der Waals surface area contributed by atoms with Crippen molar-refractivity contribution in [2.75, 3.05) is 31.1 Å². The summed E-state index contributed by atoms with van der Waals surface area (Å²) in [5.41, 5.74) is 2.24. The van der Waals surface area contributed by atoms with Crippen molar-refractivity contribution in [2.24, 2.45) is 0 Å². The molecule has 1 aromatic carbocycles. The summed E-state index contributed by atoms with van der Waals surface area (Å²) in [5, 5.41) is 10.4. The summed E-state index contributed by atoms with van der Waals surface area (Å²) in [6, 6.07) is 10.4. The van der Waals surface area contributed by atoms with Gasteiger partial charge >= 0.3 is 0 Å². The highest BCUT2D eigenvalue weighted by molar-refractivity contribution is 7.14. The molecule has 0 aliphatic carbocycles. The van der Waals surface area contributed by atoms with E-state index >= 15 is 0 Å². The molecule has 3 aromatic rings. The second-order valence-electron chi connectivity index (χ2n) is 5.98. The molecule has 6 nitrogen and oxygen atoms in total. The van der Waals surface area contributed by atoms with Gasteiger partial charge in [0.1, 0.15) is 5.82 Å². The normalized spacial score (nSPS) is 15.8. The summed E-state index contributed by atoms with van der Waals surface area (Å²) < 4.78 is 0. The Morgan fingerprint density at radius 1 is 1.08 bits per heavy atom. The van der Waals surface area contributed by atoms with Gasteiger partial charge in [0.2, 0.25) is 0 Å². The highest BCUT2D eigenvalue weighted by Gasteiger charge is 2.20. The Labute approximate surface area is 145 Å². The lowest BCUT2D eigenvalue weighted by Gasteiger charge is -2.33. The number of aryl methyl sites for hydroxylation is 1. The first-order chi connectivity index (χ1) is 11.8. The number of anilines is 1. The van der Waals surface area contributed by atoms with Crippen molar-refractivity contribution in [3.05, 3.63) is 47.4 Å². The molecule has 0 bridgehead atoms. The molecule has 0 atom stereocenters. The lowest BCUT2D eigenvalue weighted by molar-refractivity contribution is 0.244. The number of nitrogens with one attached hydrogen (secondary N) is 1. The first-order valence-electron chi connectivity index (χ1n) is 8.14. The summed E-state index contributed by atoms with van der Waals surface area (Å²) in [6.45, 7) is 6.74. The number of rotatable bonds is 4. The predicted molar refractivity (Wildman–Crippen MR) is 96.2 cm³/mol. The Hall–Kier alpha value is -2.25. The summed E-state index contributed by atoms with van der Waals surface area (Å²) in [4.78, 5) is 14.0. The molecule has 0 amide bonds. The fourth-order valence-corrected chi connectivity index (χ4v) is 3.80. The Bertz CT molecular complexity index is 788. The summed E-state index contributed by atoms with van der Waals surface area (Å²) in [6.07, 6.45) is 0. The van der Waals surface area contributed by atoms with Gasteiger partial charge in [-0.3, -0.25) is 10.00 Å². The Morgan fingerprint density at radius 2 is 1.88 bits per heavy atom. The number of hydrogen-bond donors (Lipinski definition) is 1. The van der Waals surface area contributed by atoms with E-state index in [9.17, 15) is 0 Å². The number of benzene rings is 1. The molecule has 0 unspecified atom stereocenters. The highest BCUT2D eigenvalue weighted by Crippen LogP contribution is 2.28. The van der Waals surface area contributed by atoms with Crippen LogP contribution in [0.5, 0.6) is 0 Å². The van der Waals surface area contributed by atoms with E-state index in [0.29, 0.717) is 0 Å². The lowest BCUT2D eigenvalue weighted by atomic mass is 10.2. The molecule has 0 saturated carbocycles. The quantitative estimate of drug-likeness (QED) is 0.791. The average molecular weight is 340 g/mol. The number of aromatic nitrogens is 4. The molecule has 0 spiro atoms. The zero-order chi connectivity index (χ0) is 16.4. The summed E-state index contributed by atoms with van der Waals surface area (Å²) in [7, 11) is 0. The van der Waals surface area contributed by atoms with Gasteiger partial charge < -0.3 is 4.90 Å². The standard InChI is InChI=1S/C17H20N6S/c1-13-18-16(21-20-13)11-22-7-9-23(10-8-22)17-19-15(12-24-17)14-5-3-2-4-6-14/h2-6,12H,7-11H2,1H3,(H,18,20,21). The molecule has 4 rings (SSSR count). The fraction of sp³-hybridized carbons (Fsp3) is 0.353. The second-order valence-corrected chi connectivity index (χ2v) is 6.82. The van der Waals surface area contributed by atoms with Gasteiger partial charge in [0.25, 0.3) is 0 Å². The van der Waals surface area contributed by atoms with Gasteiger partial charge in [-0.25, -0.2) is 9.97 Å². The van der Waals surface area contributed by atoms with Gasteiger partial charge in [0.05, 0.1) is 12.2 Å². The SMILES string of the molecule is Cc1nc(CN2CCN(c3nc(-c4ccccc4)cs3)CC2)n[nH]1. The third-order valence-corrected chi connectivity index (χ3v) is 5.11. The summed E-state index contributed by atoms with van der Waals surface area (Å²) in [5.74, 6) is 1.75. The van der Waals surface area contributed by atoms with E-state index in [-0.39, 0.29) is 0 Å². The first kappa shape index (κ1) is 15.3. The second kappa shape index (κ2) is 6.70. The van der Waals surface area contributed by atoms with Crippen molar-refractivity contribution in [2.45, 2.75) is 13.5 Å². The van der Waals surface area contributed by atoms with Crippen LogP contribution in [0.3, 0.4) is 0 Å². The minimum Gasteiger partial charge on any atom is -0.346 e. The molecular formula is C17H20N6S. The molecule has 1 saturated heterocycles. The Balaban J connectivity index is 1.37. The number of H-pyrrole nitrogens is 1. The number of nitrogens with zero attached hydrogens (tertiary/aromatic N) is 5. The predicted octanol–water partition coefficient (Wildman–Crippen LogP) is 2.56. The minimum absolute atomic E-state index is 0.811. The Morgan fingerprint density at radius 3 is 2.58 bits per heavy atom. The van der Waals surface area contributed by atoms with Crippen LogP contribution in [0.2, 0.25) is 0 Å². The average Bonchev–Trinajstić information content (AvgIpc) is 3.26. The van der Waals surface area contributed by atoms with Crippen LogP contribution in [0.4, 0.5) is 5.13 Å². The fourth-order valence-electron chi connectivity index (χ4n) is 2.91. The lowest BCUT2D eigenvalue weighted by Crippen LogP contribution is -2.46. The number of thiazole rings is 1. The number of hydrogen-bond acceptors (Lipinski definition) is 6. The van der Waals surface area contributed by atoms with E-state index in [1.807, 2.05) is 13.0 Å². The van der Waals surface area contributed by atoms with E-state index < -0.39 is 0 Å². The Kier molecular flexibility index (Phi) is 4.27. The molecule has 2 aromatic heterocycles. The highest BCUT2D eigenvalue weighted by atomic mass is 32.1. The van der Waals surface area contributed by atoms with Crippen LogP contribution in [-0.2, 0) is 6.54 Å². The maximum absolute atomic E-state index is 4.81. The van der Waals surface area contributed by atoms with Crippen LogP contribution in [0.1, 0.15) is 11.6 Å². The van der Waals surface area contributed by atoms with E-state index in [1.54, 1.807) is 11.3 Å². The van der Waals surface area contributed by atoms with Crippen LogP contribution in [0, 0.1) is 6.92 Å². The molecule has 1 N–H and O–H groups in total. The molecule has 1 fully saturated rings. The number of piperazine rings is 1. The van der Waals surface area contributed by atoms with Gasteiger partial charge in [-0.05, 0) is 6.92 Å². The molecule has 0 radical (unpaired) electrons. The van der Waals surface area contributed by atoms with E-state index in [1.165, 1.54) is 5.56 Å². The molecule has 7 heteroatoms. The van der Waals surface area contributed by atoms with Crippen molar-refractivity contribution in [1.82, 2.24) is 25.1 Å². The largest absolute Gasteiger partial charge is 0.346 e. The van der Waals surface area contributed by atoms with Gasteiger partial charge in [0.15, 0.2) is 11.0 Å². The van der Waals surface area contributed by atoms with Crippen LogP contribution < -0.4 is 4.90 Å². The summed E-state index contributed by atoms with van der Waals surface area (Å²) >= 11 is 1.73. The van der Waals surface area contributed by atoms with Gasteiger partial charge in [-0.2, -0.15) is 5.10 Å². The molecule has 3 heterocycles. The molecule has 1 aliphatic heterocycles. The van der Waals surface area contributed by atoms with Crippen molar-refractivity contribution in [3.8, 4) is 11.3 Å². The van der Waals surface area contributed by atoms with Crippen molar-refractivity contribution < 1.29 is 0 Å². The monoisotopic (exact) mass is 340 g/mol. The van der Waals surface area contributed by atoms with Gasteiger partial charge in [-0.15, -0.1) is 11.3 Å². The van der Waals surface area contributed by atoms with Crippen molar-refractivity contribution in [3.63, 3.8) is 0 Å². The minimum atomic E-state index is 0.811. The maximum Gasteiger partial charge on any atom is 0.185 e. The maximum atomic E-state index is 4.81. The topological polar surface area (TPSA) is 60.9 Å². The van der Waals surface area contributed by atoms with Crippen LogP contribution >= 0.6 is 11.3 Å². The third-order valence-electron chi connectivity index (χ3n) is 4.21. The third kappa shape index (κ3) is 3.32. The first-order valence-corrected chi connectivity index (χ1v) is 9.02. The van der Waals surface area contributed by atoms with Crippen LogP contribution in [0.15, 0.2) is 35.7 Å². The van der Waals surface area contributed by atoms with Crippen LogP contribution in [-0.4, -0.2) is 51.2 Å². The smallest absolute Gasteiger partial charge is 0.185 e. The van der Waals surface area contributed by atoms with E-state index in [0.717, 1.165) is 55.2 Å². The zero-order valence-corrected chi connectivity index (χ0v) is 14.5. The molecular weight excluding hydrogens is 320 g/mol. The molecule has 124 valence electrons.